The van der Waals surface area contributed by atoms with Crippen molar-refractivity contribution < 1.29 is 38.6 Å². The molecule has 6 aliphatic rings. The average molecular weight is 930 g/mol. The maximum atomic E-state index is 13.4. The molecule has 328 valence electrons. The van der Waals surface area contributed by atoms with Crippen LogP contribution in [0.4, 0.5) is 5.69 Å². The molecule has 2 unspecified atom stereocenters. The number of nitrogens with two attached hydrogens (primary N) is 2. The van der Waals surface area contributed by atoms with E-state index in [-0.39, 0.29) is 23.7 Å². The number of aliphatic imine (C=N–C) groups is 2. The van der Waals surface area contributed by atoms with E-state index >= 15 is 0 Å². The van der Waals surface area contributed by atoms with E-state index in [0.717, 1.165) is 39.6 Å². The summed E-state index contributed by atoms with van der Waals surface area (Å²) < 4.78 is 24.7. The highest BCUT2D eigenvalue weighted by Crippen LogP contribution is 2.54. The molecule has 0 radical (unpaired) electrons. The minimum atomic E-state index is -1.50. The van der Waals surface area contributed by atoms with Gasteiger partial charge in [0.1, 0.15) is 22.7 Å². The maximum Gasteiger partial charge on any atom is 0.488 e. The minimum Gasteiger partial charge on any atom is -0.487 e. The number of hydrogen-bond acceptors (Lipinski definition) is 13. The average Bonchev–Trinajstić information content (AvgIpc) is 3.64. The summed E-state index contributed by atoms with van der Waals surface area (Å²) in [5.41, 5.74) is 13.7. The van der Waals surface area contributed by atoms with Gasteiger partial charge >= 0.3 is 7.12 Å². The summed E-state index contributed by atoms with van der Waals surface area (Å²) in [5.74, 6) is 1.61. The molecule has 10 rings (SSSR count). The van der Waals surface area contributed by atoms with E-state index < -0.39 is 29.4 Å². The first-order chi connectivity index (χ1) is 30.7. The number of benzene rings is 4. The van der Waals surface area contributed by atoms with Crippen molar-refractivity contribution in [1.82, 2.24) is 9.80 Å². The summed E-state index contributed by atoms with van der Waals surface area (Å²) in [7, 11) is 1.83. The normalized spacial score (nSPS) is 23.2. The smallest absolute Gasteiger partial charge is 0.487 e. The lowest BCUT2D eigenvalue weighted by molar-refractivity contribution is -0.137. The number of nitriles is 1. The number of nitrogens with zero attached hydrogens (tertiary/aromatic N) is 6. The quantitative estimate of drug-likeness (QED) is 0.165. The zero-order valence-electron chi connectivity index (χ0n) is 35.3. The van der Waals surface area contributed by atoms with Crippen LogP contribution in [0.25, 0.3) is 16.0 Å². The first kappa shape index (κ1) is 44.3. The van der Waals surface area contributed by atoms with Gasteiger partial charge in [-0.1, -0.05) is 52.3 Å². The number of ether oxygens (including phenoxy) is 4. The Morgan fingerprint density at radius 1 is 0.750 bits per heavy atom. The fraction of sp³-hybridized carbons (Fsp3) is 0.348. The van der Waals surface area contributed by atoms with Crippen molar-refractivity contribution in [2.45, 2.75) is 60.8 Å². The van der Waals surface area contributed by atoms with Crippen LogP contribution >= 0.6 is 15.9 Å². The van der Waals surface area contributed by atoms with E-state index in [0.29, 0.717) is 80.3 Å². The molecule has 0 aliphatic carbocycles. The highest BCUT2D eigenvalue weighted by Gasteiger charge is 2.59. The van der Waals surface area contributed by atoms with Crippen LogP contribution in [0.5, 0.6) is 11.5 Å². The standard InChI is InChI=1S/C23H22N4O3.C16H18BrN3O3.C7H6BNO2/c1-25-17-5-3-4-15(12-17)16-6-7-19-18(13-16)23(20(28)27(2)21(24)26-23)14-22(30-19)8-10-29-11-9-22;1-20-13(21)16(19-14(20)18)9-15(4-6-22-7-5-15)23-12-3-2-10(17)8-11(12)16;9-5-6-2-1-3-7(4-6)8(10)11/h3-7,12-13H,8-11,14H2,2H3,(H2,24,26);2-3,8H,4-7,9H2,1H3,(H2,18,19);1-4,10-11H. The van der Waals surface area contributed by atoms with E-state index in [2.05, 4.69) is 25.8 Å². The second-order valence-electron chi connectivity index (χ2n) is 16.7. The third-order valence-electron chi connectivity index (χ3n) is 12.7. The number of hydrogen-bond donors (Lipinski definition) is 4. The second-order valence-corrected chi connectivity index (χ2v) is 17.6. The van der Waals surface area contributed by atoms with Crippen LogP contribution in [0.15, 0.2) is 99.4 Å². The van der Waals surface area contributed by atoms with Crippen molar-refractivity contribution >= 4 is 57.9 Å². The molecule has 64 heavy (non-hydrogen) atoms. The molecule has 6 aliphatic heterocycles. The Morgan fingerprint density at radius 2 is 1.27 bits per heavy atom. The van der Waals surface area contributed by atoms with E-state index in [9.17, 15) is 9.59 Å². The Bertz CT molecular complexity index is 2650. The summed E-state index contributed by atoms with van der Waals surface area (Å²) in [5, 5.41) is 25.8. The van der Waals surface area contributed by atoms with E-state index in [4.69, 9.17) is 57.3 Å². The molecule has 6 heterocycles. The minimum absolute atomic E-state index is 0.0940. The van der Waals surface area contributed by atoms with Crippen LogP contribution in [-0.4, -0.2) is 102 Å². The number of fused-ring (bicyclic) bond motifs is 4. The van der Waals surface area contributed by atoms with Crippen molar-refractivity contribution in [3.8, 4) is 28.7 Å². The first-order valence-electron chi connectivity index (χ1n) is 20.8. The number of halogens is 1. The largest absolute Gasteiger partial charge is 0.488 e. The highest BCUT2D eigenvalue weighted by molar-refractivity contribution is 9.10. The predicted octanol–water partition coefficient (Wildman–Crippen LogP) is 4.22. The Morgan fingerprint density at radius 3 is 1.77 bits per heavy atom. The van der Waals surface area contributed by atoms with Crippen LogP contribution in [0.2, 0.25) is 0 Å². The zero-order chi connectivity index (χ0) is 45.4. The molecule has 2 amide bonds. The summed E-state index contributed by atoms with van der Waals surface area (Å²) >= 11 is 3.48. The molecule has 16 nitrogen and oxygen atoms in total. The van der Waals surface area contributed by atoms with Crippen molar-refractivity contribution in [1.29, 1.82) is 5.26 Å². The highest BCUT2D eigenvalue weighted by atomic mass is 79.9. The Hall–Kier alpha value is -6.28. The summed E-state index contributed by atoms with van der Waals surface area (Å²) in [6, 6.07) is 27.1. The SMILES string of the molecule is CN1C(=O)C2(CC3(CCOCC3)Oc3ccc(Br)cc32)N=C1N.N#Cc1cccc(B(O)O)c1.[C-]#[N+]c1cccc(-c2ccc3c(c2)C2(CC4(CCOCC4)O3)N=C(N)N(C)C2=O)c1. The second kappa shape index (κ2) is 17.4. The van der Waals surface area contributed by atoms with Crippen LogP contribution in [-0.2, 0) is 30.1 Å². The topological polar surface area (TPSA) is 223 Å². The zero-order valence-corrected chi connectivity index (χ0v) is 36.9. The first-order valence-corrected chi connectivity index (χ1v) is 21.5. The summed E-state index contributed by atoms with van der Waals surface area (Å²) in [4.78, 5) is 42.1. The van der Waals surface area contributed by atoms with Crippen LogP contribution in [0, 0.1) is 17.9 Å². The van der Waals surface area contributed by atoms with Gasteiger partial charge in [0.25, 0.3) is 11.8 Å². The Kier molecular flexibility index (Phi) is 12.0. The van der Waals surface area contributed by atoms with Gasteiger partial charge in [-0.05, 0) is 65.1 Å². The van der Waals surface area contributed by atoms with Crippen molar-refractivity contribution in [2.24, 2.45) is 21.5 Å². The van der Waals surface area contributed by atoms with Gasteiger partial charge in [-0.2, -0.15) is 5.26 Å². The van der Waals surface area contributed by atoms with Crippen LogP contribution < -0.4 is 26.4 Å². The van der Waals surface area contributed by atoms with Crippen molar-refractivity contribution in [3.63, 3.8) is 0 Å². The molecule has 0 bridgehead atoms. The number of guanidine groups is 2. The molecule has 2 saturated heterocycles. The molecular formula is C46H46BBrN8O8. The lowest BCUT2D eigenvalue weighted by Gasteiger charge is -2.46. The summed E-state index contributed by atoms with van der Waals surface area (Å²) in [6.45, 7) is 9.73. The van der Waals surface area contributed by atoms with Gasteiger partial charge in [0.15, 0.2) is 28.7 Å². The van der Waals surface area contributed by atoms with Crippen molar-refractivity contribution in [3.05, 3.63) is 118 Å². The molecule has 18 heteroatoms. The van der Waals surface area contributed by atoms with Gasteiger partial charge in [-0.15, -0.1) is 0 Å². The Labute approximate surface area is 379 Å². The molecule has 2 fully saturated rings. The maximum absolute atomic E-state index is 13.4. The van der Waals surface area contributed by atoms with Gasteiger partial charge in [0, 0.05) is 68.2 Å². The molecule has 6 N–H and O–H groups in total. The third kappa shape index (κ3) is 8.08. The molecule has 0 aromatic heterocycles. The lowest BCUT2D eigenvalue weighted by Crippen LogP contribution is -2.53. The van der Waals surface area contributed by atoms with Gasteiger partial charge in [-0.25, -0.2) is 14.8 Å². The van der Waals surface area contributed by atoms with Crippen molar-refractivity contribution in [2.75, 3.05) is 40.5 Å². The number of rotatable bonds is 2. The van der Waals surface area contributed by atoms with E-state index in [1.165, 1.54) is 15.9 Å². The molecule has 4 aromatic rings. The third-order valence-corrected chi connectivity index (χ3v) is 13.2. The number of amides is 2. The molecule has 4 spiro atoms. The number of carbonyl (C=O) groups is 2. The van der Waals surface area contributed by atoms with E-state index in [1.54, 1.807) is 38.4 Å². The van der Waals surface area contributed by atoms with Gasteiger partial charge in [-0.3, -0.25) is 19.4 Å². The van der Waals surface area contributed by atoms with Gasteiger partial charge < -0.3 is 40.5 Å². The molecule has 0 saturated carbocycles. The number of carbonyl (C=O) groups excluding carboxylic acids is 2. The van der Waals surface area contributed by atoms with Crippen LogP contribution in [0.1, 0.15) is 55.2 Å². The molecule has 4 aromatic carbocycles. The predicted molar refractivity (Wildman–Crippen MR) is 241 cm³/mol. The fourth-order valence-electron chi connectivity index (χ4n) is 9.25. The monoisotopic (exact) mass is 928 g/mol. The Balaban J connectivity index is 0.000000145. The van der Waals surface area contributed by atoms with Gasteiger partial charge in [0.05, 0.1) is 44.6 Å². The van der Waals surface area contributed by atoms with Crippen LogP contribution in [0.3, 0.4) is 0 Å². The van der Waals surface area contributed by atoms with Gasteiger partial charge in [0.2, 0.25) is 0 Å². The summed E-state index contributed by atoms with van der Waals surface area (Å²) in [6.07, 6.45) is 3.83. The lowest BCUT2D eigenvalue weighted by atomic mass is 9.73. The molecular weight excluding hydrogens is 883 g/mol. The number of likely N-dealkylation sites (N-methyl/N-ethyl adjacent to an activating group) is 2. The fourth-order valence-corrected chi connectivity index (χ4v) is 9.61. The molecule has 2 atom stereocenters. The van der Waals surface area contributed by atoms with E-state index in [1.807, 2.05) is 60.7 Å².